The van der Waals surface area contributed by atoms with Crippen LogP contribution in [0.15, 0.2) is 48.5 Å². The molecule has 0 saturated heterocycles. The van der Waals surface area contributed by atoms with Gasteiger partial charge in [-0.3, -0.25) is 9.59 Å². The summed E-state index contributed by atoms with van der Waals surface area (Å²) in [5, 5.41) is 9.02. The van der Waals surface area contributed by atoms with Crippen LogP contribution in [-0.4, -0.2) is 24.9 Å². The van der Waals surface area contributed by atoms with Crippen LogP contribution < -0.4 is 9.80 Å². The van der Waals surface area contributed by atoms with Crippen molar-refractivity contribution >= 4 is 23.2 Å². The predicted octanol–water partition coefficient (Wildman–Crippen LogP) is 2.89. The Kier molecular flexibility index (Phi) is 4.80. The highest BCUT2D eigenvalue weighted by atomic mass is 16.2. The van der Waals surface area contributed by atoms with E-state index in [0.717, 1.165) is 12.1 Å². The standard InChI is InChI=1S/C20H19N3O2/c1-15(24)22(18-7-4-5-16(13-18)14-21)12-10-20(25)23-11-9-17-6-2-3-8-19(17)23/h2-8,13H,9-12H2,1H3. The van der Waals surface area contributed by atoms with E-state index < -0.39 is 0 Å². The lowest BCUT2D eigenvalue weighted by Gasteiger charge is -2.23. The third kappa shape index (κ3) is 3.53. The summed E-state index contributed by atoms with van der Waals surface area (Å²) in [6.07, 6.45) is 1.10. The van der Waals surface area contributed by atoms with Crippen molar-refractivity contribution in [2.45, 2.75) is 19.8 Å². The molecular weight excluding hydrogens is 314 g/mol. The zero-order valence-electron chi connectivity index (χ0n) is 14.1. The first-order valence-electron chi connectivity index (χ1n) is 8.26. The third-order valence-electron chi connectivity index (χ3n) is 4.40. The lowest BCUT2D eigenvalue weighted by Crippen LogP contribution is -2.35. The van der Waals surface area contributed by atoms with Gasteiger partial charge in [0.15, 0.2) is 0 Å². The van der Waals surface area contributed by atoms with Crippen molar-refractivity contribution in [3.8, 4) is 6.07 Å². The molecule has 2 amide bonds. The Hall–Kier alpha value is -3.13. The van der Waals surface area contributed by atoms with Gasteiger partial charge in [0.2, 0.25) is 11.8 Å². The van der Waals surface area contributed by atoms with Gasteiger partial charge in [-0.15, -0.1) is 0 Å². The second kappa shape index (κ2) is 7.18. The van der Waals surface area contributed by atoms with Crippen molar-refractivity contribution < 1.29 is 9.59 Å². The number of carbonyl (C=O) groups excluding carboxylic acids is 2. The molecule has 3 rings (SSSR count). The molecule has 0 aliphatic carbocycles. The van der Waals surface area contributed by atoms with Gasteiger partial charge in [-0.1, -0.05) is 24.3 Å². The number of hydrogen-bond acceptors (Lipinski definition) is 3. The Morgan fingerprint density at radius 2 is 2.00 bits per heavy atom. The lowest BCUT2D eigenvalue weighted by atomic mass is 10.2. The second-order valence-electron chi connectivity index (χ2n) is 6.01. The van der Waals surface area contributed by atoms with Gasteiger partial charge in [0.05, 0.1) is 11.6 Å². The number of nitrogens with zero attached hydrogens (tertiary/aromatic N) is 3. The zero-order chi connectivity index (χ0) is 17.8. The summed E-state index contributed by atoms with van der Waals surface area (Å²) in [7, 11) is 0. The van der Waals surface area contributed by atoms with E-state index in [9.17, 15) is 9.59 Å². The average Bonchev–Trinajstić information content (AvgIpc) is 3.06. The minimum atomic E-state index is -0.148. The first-order valence-corrected chi connectivity index (χ1v) is 8.26. The van der Waals surface area contributed by atoms with Crippen molar-refractivity contribution in [2.75, 3.05) is 22.9 Å². The summed E-state index contributed by atoms with van der Waals surface area (Å²) in [5.41, 5.74) is 3.28. The molecule has 0 unspecified atom stereocenters. The van der Waals surface area contributed by atoms with E-state index in [2.05, 4.69) is 6.07 Å². The molecule has 0 radical (unpaired) electrons. The average molecular weight is 333 g/mol. The summed E-state index contributed by atoms with van der Waals surface area (Å²) in [6.45, 7) is 2.44. The molecule has 1 aliphatic heterocycles. The fourth-order valence-electron chi connectivity index (χ4n) is 3.15. The molecule has 0 atom stereocenters. The highest BCUT2D eigenvalue weighted by molar-refractivity contribution is 5.97. The number of fused-ring (bicyclic) bond motifs is 1. The van der Waals surface area contributed by atoms with E-state index >= 15 is 0 Å². The van der Waals surface area contributed by atoms with E-state index in [1.54, 1.807) is 34.1 Å². The van der Waals surface area contributed by atoms with Gasteiger partial charge in [0.25, 0.3) is 0 Å². The Morgan fingerprint density at radius 3 is 2.76 bits per heavy atom. The van der Waals surface area contributed by atoms with E-state index in [1.807, 2.05) is 24.3 Å². The van der Waals surface area contributed by atoms with E-state index in [4.69, 9.17) is 5.26 Å². The molecule has 0 bridgehead atoms. The maximum atomic E-state index is 12.6. The largest absolute Gasteiger partial charge is 0.312 e. The topological polar surface area (TPSA) is 64.4 Å². The minimum absolute atomic E-state index is 0.00707. The fraction of sp³-hybridized carbons (Fsp3) is 0.250. The van der Waals surface area contributed by atoms with E-state index in [-0.39, 0.29) is 18.2 Å². The summed E-state index contributed by atoms with van der Waals surface area (Å²) in [6, 6.07) is 16.8. The van der Waals surface area contributed by atoms with Gasteiger partial charge < -0.3 is 9.80 Å². The number of carbonyl (C=O) groups is 2. The van der Waals surface area contributed by atoms with Gasteiger partial charge in [-0.05, 0) is 36.2 Å². The predicted molar refractivity (Wildman–Crippen MR) is 96.3 cm³/mol. The van der Waals surface area contributed by atoms with Gasteiger partial charge >= 0.3 is 0 Å². The zero-order valence-corrected chi connectivity index (χ0v) is 14.1. The lowest BCUT2D eigenvalue weighted by molar-refractivity contribution is -0.118. The van der Waals surface area contributed by atoms with Gasteiger partial charge in [0.1, 0.15) is 0 Å². The summed E-state index contributed by atoms with van der Waals surface area (Å²) < 4.78 is 0. The molecule has 0 aromatic heterocycles. The van der Waals surface area contributed by atoms with Crippen LogP contribution in [0.4, 0.5) is 11.4 Å². The van der Waals surface area contributed by atoms with Crippen molar-refractivity contribution in [1.29, 1.82) is 5.26 Å². The van der Waals surface area contributed by atoms with Crippen LogP contribution >= 0.6 is 0 Å². The number of benzene rings is 2. The number of para-hydroxylation sites is 1. The minimum Gasteiger partial charge on any atom is -0.312 e. The van der Waals surface area contributed by atoms with Crippen LogP contribution in [0.5, 0.6) is 0 Å². The van der Waals surface area contributed by atoms with Gasteiger partial charge in [-0.2, -0.15) is 5.26 Å². The molecule has 5 heteroatoms. The quantitative estimate of drug-likeness (QED) is 0.864. The molecule has 1 aliphatic rings. The fourth-order valence-corrected chi connectivity index (χ4v) is 3.15. The first-order chi connectivity index (χ1) is 12.1. The van der Waals surface area contributed by atoms with E-state index in [0.29, 0.717) is 24.3 Å². The normalized spacial score (nSPS) is 12.4. The molecule has 1 heterocycles. The molecule has 126 valence electrons. The molecule has 2 aromatic rings. The SMILES string of the molecule is CC(=O)N(CCC(=O)N1CCc2ccccc21)c1cccc(C#N)c1. The Morgan fingerprint density at radius 1 is 1.20 bits per heavy atom. The monoisotopic (exact) mass is 333 g/mol. The number of rotatable bonds is 4. The molecule has 0 saturated carbocycles. The van der Waals surface area contributed by atoms with Crippen molar-refractivity contribution in [3.63, 3.8) is 0 Å². The smallest absolute Gasteiger partial charge is 0.228 e. The van der Waals surface area contributed by atoms with Crippen molar-refractivity contribution in [3.05, 3.63) is 59.7 Å². The van der Waals surface area contributed by atoms with Gasteiger partial charge in [-0.25, -0.2) is 0 Å². The maximum Gasteiger partial charge on any atom is 0.228 e. The van der Waals surface area contributed by atoms with Crippen LogP contribution in [0, 0.1) is 11.3 Å². The molecule has 0 spiro atoms. The Balaban J connectivity index is 1.71. The number of amides is 2. The van der Waals surface area contributed by atoms with Crippen LogP contribution in [0.1, 0.15) is 24.5 Å². The molecule has 0 N–H and O–H groups in total. The molecular formula is C20H19N3O2. The third-order valence-corrected chi connectivity index (χ3v) is 4.40. The van der Waals surface area contributed by atoms with Crippen molar-refractivity contribution in [2.24, 2.45) is 0 Å². The van der Waals surface area contributed by atoms with Crippen LogP contribution in [0.2, 0.25) is 0 Å². The molecule has 0 fully saturated rings. The molecule has 2 aromatic carbocycles. The molecule has 25 heavy (non-hydrogen) atoms. The second-order valence-corrected chi connectivity index (χ2v) is 6.01. The Bertz CT molecular complexity index is 854. The van der Waals surface area contributed by atoms with E-state index in [1.165, 1.54) is 12.5 Å². The number of hydrogen-bond donors (Lipinski definition) is 0. The highest BCUT2D eigenvalue weighted by Crippen LogP contribution is 2.28. The van der Waals surface area contributed by atoms with Crippen LogP contribution in [0.25, 0.3) is 0 Å². The van der Waals surface area contributed by atoms with Crippen LogP contribution in [0.3, 0.4) is 0 Å². The van der Waals surface area contributed by atoms with Gasteiger partial charge in [0, 0.05) is 37.8 Å². The number of anilines is 2. The van der Waals surface area contributed by atoms with Crippen molar-refractivity contribution in [1.82, 2.24) is 0 Å². The Labute approximate surface area is 147 Å². The highest BCUT2D eigenvalue weighted by Gasteiger charge is 2.24. The maximum absolute atomic E-state index is 12.6. The molecule has 5 nitrogen and oxygen atoms in total. The summed E-state index contributed by atoms with van der Waals surface area (Å²) in [5.74, 6) is -0.141. The number of nitriles is 1. The summed E-state index contributed by atoms with van der Waals surface area (Å²) >= 11 is 0. The summed E-state index contributed by atoms with van der Waals surface area (Å²) in [4.78, 5) is 28.0. The first kappa shape index (κ1) is 16.7. The van der Waals surface area contributed by atoms with Crippen LogP contribution in [-0.2, 0) is 16.0 Å².